The van der Waals surface area contributed by atoms with E-state index in [1.165, 1.54) is 30.3 Å². The van der Waals surface area contributed by atoms with E-state index >= 15 is 0 Å². The van der Waals surface area contributed by atoms with Crippen molar-refractivity contribution in [2.24, 2.45) is 0 Å². The minimum Gasteiger partial charge on any atom is -0.321 e. The van der Waals surface area contributed by atoms with Gasteiger partial charge in [-0.3, -0.25) is 9.59 Å². The van der Waals surface area contributed by atoms with E-state index < -0.39 is 11.8 Å². The second-order valence-corrected chi connectivity index (χ2v) is 6.25. The Bertz CT molecular complexity index is 995. The molecule has 0 aliphatic carbocycles. The van der Waals surface area contributed by atoms with Crippen molar-refractivity contribution in [1.29, 1.82) is 0 Å². The first-order chi connectivity index (χ1) is 13.5. The molecule has 2 amide bonds. The molecule has 2 N–H and O–H groups in total. The number of aryl methyl sites for hydroxylation is 1. The molecule has 3 aromatic rings. The zero-order valence-electron chi connectivity index (χ0n) is 15.3. The van der Waals surface area contributed by atoms with Gasteiger partial charge in [-0.05, 0) is 55.0 Å². The van der Waals surface area contributed by atoms with Crippen LogP contribution >= 0.6 is 0 Å². The van der Waals surface area contributed by atoms with E-state index in [4.69, 9.17) is 0 Å². The summed E-state index contributed by atoms with van der Waals surface area (Å²) in [5.41, 5.74) is 2.70. The lowest BCUT2D eigenvalue weighted by Gasteiger charge is -2.11. The lowest BCUT2D eigenvalue weighted by molar-refractivity contribution is -0.113. The number of nitrogens with one attached hydrogen (secondary N) is 2. The van der Waals surface area contributed by atoms with Gasteiger partial charge in [0, 0.05) is 11.3 Å². The number of amides is 2. The Morgan fingerprint density at radius 3 is 2.14 bits per heavy atom. The molecule has 0 fully saturated rings. The highest BCUT2D eigenvalue weighted by Gasteiger charge is 2.15. The summed E-state index contributed by atoms with van der Waals surface area (Å²) in [4.78, 5) is 25.3. The zero-order chi connectivity index (χ0) is 19.9. The molecular formula is C23H19FN2O2. The van der Waals surface area contributed by atoms with E-state index in [1.807, 2.05) is 25.1 Å². The van der Waals surface area contributed by atoms with E-state index in [0.29, 0.717) is 16.8 Å². The van der Waals surface area contributed by atoms with Gasteiger partial charge >= 0.3 is 0 Å². The van der Waals surface area contributed by atoms with Crippen LogP contribution in [0.1, 0.15) is 21.5 Å². The molecule has 0 unspecified atom stereocenters. The number of carbonyl (C=O) groups excluding carboxylic acids is 2. The van der Waals surface area contributed by atoms with Crippen molar-refractivity contribution in [3.8, 4) is 0 Å². The van der Waals surface area contributed by atoms with Gasteiger partial charge in [-0.1, -0.05) is 48.0 Å². The third-order valence-electron chi connectivity index (χ3n) is 4.02. The van der Waals surface area contributed by atoms with Gasteiger partial charge in [0.05, 0.1) is 0 Å². The lowest BCUT2D eigenvalue weighted by Crippen LogP contribution is -2.30. The van der Waals surface area contributed by atoms with E-state index in [0.717, 1.165) is 5.56 Å². The number of para-hydroxylation sites is 1. The predicted octanol–water partition coefficient (Wildman–Crippen LogP) is 4.54. The summed E-state index contributed by atoms with van der Waals surface area (Å²) in [5, 5.41) is 5.40. The summed E-state index contributed by atoms with van der Waals surface area (Å²) in [6, 6.07) is 21.6. The number of hydrogen-bond donors (Lipinski definition) is 2. The van der Waals surface area contributed by atoms with Crippen molar-refractivity contribution in [1.82, 2.24) is 5.32 Å². The zero-order valence-corrected chi connectivity index (χ0v) is 15.3. The normalized spacial score (nSPS) is 11.0. The highest BCUT2D eigenvalue weighted by atomic mass is 19.1. The molecule has 5 heteroatoms. The summed E-state index contributed by atoms with van der Waals surface area (Å²) < 4.78 is 13.2. The predicted molar refractivity (Wildman–Crippen MR) is 108 cm³/mol. The molecule has 0 heterocycles. The Kier molecular flexibility index (Phi) is 5.97. The van der Waals surface area contributed by atoms with Crippen LogP contribution < -0.4 is 10.6 Å². The summed E-state index contributed by atoms with van der Waals surface area (Å²) in [6.45, 7) is 1.93. The fraction of sp³-hybridized carbons (Fsp3) is 0.0435. The van der Waals surface area contributed by atoms with Crippen LogP contribution in [0.25, 0.3) is 6.08 Å². The number of halogens is 1. The first-order valence-corrected chi connectivity index (χ1v) is 8.73. The molecular weight excluding hydrogens is 355 g/mol. The number of benzene rings is 3. The summed E-state index contributed by atoms with van der Waals surface area (Å²) in [5.74, 6) is -1.26. The Morgan fingerprint density at radius 1 is 0.857 bits per heavy atom. The molecule has 0 bridgehead atoms. The fourth-order valence-corrected chi connectivity index (χ4v) is 2.50. The van der Waals surface area contributed by atoms with Crippen molar-refractivity contribution in [2.45, 2.75) is 6.92 Å². The maximum atomic E-state index is 13.2. The van der Waals surface area contributed by atoms with Gasteiger partial charge in [0.15, 0.2) is 0 Å². The largest absolute Gasteiger partial charge is 0.321 e. The second-order valence-electron chi connectivity index (χ2n) is 6.25. The summed E-state index contributed by atoms with van der Waals surface area (Å²) in [7, 11) is 0. The van der Waals surface area contributed by atoms with Crippen molar-refractivity contribution < 1.29 is 14.0 Å². The highest BCUT2D eigenvalue weighted by Crippen LogP contribution is 2.12. The van der Waals surface area contributed by atoms with Crippen LogP contribution in [0.2, 0.25) is 0 Å². The molecule has 0 aliphatic heterocycles. The first-order valence-electron chi connectivity index (χ1n) is 8.73. The molecule has 0 aliphatic rings. The minimum atomic E-state index is -0.476. The number of rotatable bonds is 5. The minimum absolute atomic E-state index is 0.0565. The average Bonchev–Trinajstić information content (AvgIpc) is 2.70. The Balaban J connectivity index is 1.87. The van der Waals surface area contributed by atoms with Gasteiger partial charge in [-0.2, -0.15) is 0 Å². The standard InChI is InChI=1S/C23H19FN2O2/c1-16-7-11-18(12-8-16)22(27)26-21(15-17-9-13-19(24)14-10-17)23(28)25-20-5-3-2-4-6-20/h2-15H,1H3,(H,25,28)(H,26,27)/b21-15-. The molecule has 4 nitrogen and oxygen atoms in total. The number of anilines is 1. The third kappa shape index (κ3) is 5.14. The van der Waals surface area contributed by atoms with Crippen LogP contribution in [0.15, 0.2) is 84.6 Å². The van der Waals surface area contributed by atoms with E-state index in [9.17, 15) is 14.0 Å². The molecule has 140 valence electrons. The Hall–Kier alpha value is -3.73. The first kappa shape index (κ1) is 19.0. The fourth-order valence-electron chi connectivity index (χ4n) is 2.50. The van der Waals surface area contributed by atoms with Crippen LogP contribution in [-0.4, -0.2) is 11.8 Å². The van der Waals surface area contributed by atoms with E-state index in [1.54, 1.807) is 36.4 Å². The molecule has 3 aromatic carbocycles. The summed E-state index contributed by atoms with van der Waals surface area (Å²) in [6.07, 6.45) is 1.50. The molecule has 0 saturated carbocycles. The van der Waals surface area contributed by atoms with Crippen LogP contribution in [0.5, 0.6) is 0 Å². The maximum absolute atomic E-state index is 13.2. The van der Waals surface area contributed by atoms with Gasteiger partial charge in [0.25, 0.3) is 11.8 Å². The number of carbonyl (C=O) groups is 2. The summed E-state index contributed by atoms with van der Waals surface area (Å²) >= 11 is 0. The van der Waals surface area contributed by atoms with Gasteiger partial charge in [-0.25, -0.2) is 4.39 Å². The van der Waals surface area contributed by atoms with Gasteiger partial charge in [0.2, 0.25) is 0 Å². The monoisotopic (exact) mass is 374 g/mol. The molecule has 0 atom stereocenters. The SMILES string of the molecule is Cc1ccc(C(=O)N/C(=C\c2ccc(F)cc2)C(=O)Nc2ccccc2)cc1. The second kappa shape index (κ2) is 8.77. The van der Waals surface area contributed by atoms with Crippen molar-refractivity contribution >= 4 is 23.6 Å². The van der Waals surface area contributed by atoms with Crippen molar-refractivity contribution in [2.75, 3.05) is 5.32 Å². The van der Waals surface area contributed by atoms with Crippen LogP contribution in [0.4, 0.5) is 10.1 Å². The molecule has 0 spiro atoms. The lowest BCUT2D eigenvalue weighted by atomic mass is 10.1. The topological polar surface area (TPSA) is 58.2 Å². The van der Waals surface area contributed by atoms with Crippen LogP contribution in [0, 0.1) is 12.7 Å². The third-order valence-corrected chi connectivity index (χ3v) is 4.02. The van der Waals surface area contributed by atoms with Crippen molar-refractivity contribution in [3.05, 3.63) is 107 Å². The molecule has 0 aromatic heterocycles. The van der Waals surface area contributed by atoms with Crippen LogP contribution in [-0.2, 0) is 4.79 Å². The van der Waals surface area contributed by atoms with Gasteiger partial charge in [-0.15, -0.1) is 0 Å². The van der Waals surface area contributed by atoms with Gasteiger partial charge < -0.3 is 10.6 Å². The Labute approximate surface area is 162 Å². The Morgan fingerprint density at radius 2 is 1.50 bits per heavy atom. The number of hydrogen-bond acceptors (Lipinski definition) is 2. The smallest absolute Gasteiger partial charge is 0.272 e. The molecule has 3 rings (SSSR count). The van der Waals surface area contributed by atoms with Crippen molar-refractivity contribution in [3.63, 3.8) is 0 Å². The maximum Gasteiger partial charge on any atom is 0.272 e. The molecule has 0 saturated heterocycles. The van der Waals surface area contributed by atoms with E-state index in [2.05, 4.69) is 10.6 Å². The average molecular weight is 374 g/mol. The van der Waals surface area contributed by atoms with Gasteiger partial charge in [0.1, 0.15) is 11.5 Å². The van der Waals surface area contributed by atoms with E-state index in [-0.39, 0.29) is 11.5 Å². The van der Waals surface area contributed by atoms with Crippen LogP contribution in [0.3, 0.4) is 0 Å². The molecule has 0 radical (unpaired) electrons. The highest BCUT2D eigenvalue weighted by molar-refractivity contribution is 6.10. The quantitative estimate of drug-likeness (QED) is 0.644. The molecule has 28 heavy (non-hydrogen) atoms.